The quantitative estimate of drug-likeness (QED) is 0.317. The molecule has 1 amide bonds. The van der Waals surface area contributed by atoms with Crippen LogP contribution in [0.2, 0.25) is 0 Å². The van der Waals surface area contributed by atoms with Gasteiger partial charge in [0.2, 0.25) is 0 Å². The summed E-state index contributed by atoms with van der Waals surface area (Å²) < 4.78 is 10.7. The Labute approximate surface area is 164 Å². The molecule has 1 fully saturated rings. The lowest BCUT2D eigenvalue weighted by Crippen LogP contribution is -2.52. The molecule has 1 aliphatic heterocycles. The van der Waals surface area contributed by atoms with Gasteiger partial charge in [0.25, 0.3) is 0 Å². The van der Waals surface area contributed by atoms with E-state index in [0.717, 1.165) is 58.7 Å². The first-order valence-corrected chi connectivity index (χ1v) is 10.0. The molecule has 0 aromatic carbocycles. The summed E-state index contributed by atoms with van der Waals surface area (Å²) in [6, 6.07) is 0. The van der Waals surface area contributed by atoms with E-state index in [2.05, 4.69) is 20.5 Å². The number of amides is 1. The van der Waals surface area contributed by atoms with E-state index in [9.17, 15) is 4.79 Å². The lowest BCUT2D eigenvalue weighted by Gasteiger charge is -2.32. The van der Waals surface area contributed by atoms with E-state index in [0.29, 0.717) is 12.5 Å². The van der Waals surface area contributed by atoms with E-state index >= 15 is 0 Å². The number of hydrogen-bond donors (Lipinski definition) is 3. The fraction of sp³-hybridized carbons (Fsp3) is 0.895. The lowest BCUT2D eigenvalue weighted by molar-refractivity contribution is 0.0376. The number of nitrogens with one attached hydrogen (secondary N) is 2. The third-order valence-electron chi connectivity index (χ3n) is 4.73. The maximum atomic E-state index is 12.2. The average Bonchev–Trinajstić information content (AvgIpc) is 2.61. The van der Waals surface area contributed by atoms with Crippen LogP contribution in [0.4, 0.5) is 4.79 Å². The molecule has 0 unspecified atom stereocenters. The predicted octanol–water partition coefficient (Wildman–Crippen LogP) is 1.70. The molecule has 158 valence electrons. The van der Waals surface area contributed by atoms with Gasteiger partial charge in [0.1, 0.15) is 5.60 Å². The number of guanidine groups is 1. The Morgan fingerprint density at radius 2 is 1.85 bits per heavy atom. The minimum atomic E-state index is -0.526. The van der Waals surface area contributed by atoms with E-state index in [1.807, 2.05) is 34.6 Å². The fourth-order valence-electron chi connectivity index (χ4n) is 2.85. The smallest absolute Gasteiger partial charge is 0.408 e. The Morgan fingerprint density at radius 1 is 1.22 bits per heavy atom. The van der Waals surface area contributed by atoms with Gasteiger partial charge in [-0.15, -0.1) is 0 Å². The number of nitrogens with zero attached hydrogens (tertiary/aromatic N) is 2. The molecule has 4 N–H and O–H groups in total. The number of morpholine rings is 1. The van der Waals surface area contributed by atoms with Crippen LogP contribution in [0, 0.1) is 0 Å². The summed E-state index contributed by atoms with van der Waals surface area (Å²) in [5.74, 6) is 0.411. The van der Waals surface area contributed by atoms with Crippen molar-refractivity contribution in [2.75, 3.05) is 45.9 Å². The van der Waals surface area contributed by atoms with Crippen molar-refractivity contribution in [1.29, 1.82) is 0 Å². The Kier molecular flexibility index (Phi) is 9.87. The highest BCUT2D eigenvalue weighted by molar-refractivity contribution is 5.78. The standard InChI is InChI=1S/C19H39N5O3/c1-6-19(7-2,23-17(25)27-18(3,4)5)15-22-16(20)21-9-8-10-24-11-13-26-14-12-24/h6-15H2,1-5H3,(H,23,25)(H3,20,21,22). The van der Waals surface area contributed by atoms with Gasteiger partial charge in [0.15, 0.2) is 5.96 Å². The van der Waals surface area contributed by atoms with Crippen molar-refractivity contribution in [3.8, 4) is 0 Å². The van der Waals surface area contributed by atoms with Gasteiger partial charge in [-0.3, -0.25) is 9.89 Å². The van der Waals surface area contributed by atoms with Crippen molar-refractivity contribution in [2.24, 2.45) is 10.7 Å². The van der Waals surface area contributed by atoms with Crippen LogP contribution < -0.4 is 16.4 Å². The summed E-state index contributed by atoms with van der Waals surface area (Å²) in [4.78, 5) is 19.0. The number of aliphatic imine (C=N–C) groups is 1. The van der Waals surface area contributed by atoms with Gasteiger partial charge in [-0.1, -0.05) is 13.8 Å². The van der Waals surface area contributed by atoms with Crippen molar-refractivity contribution in [2.45, 2.75) is 65.0 Å². The highest BCUT2D eigenvalue weighted by Gasteiger charge is 2.30. The zero-order valence-corrected chi connectivity index (χ0v) is 17.8. The zero-order chi connectivity index (χ0) is 20.3. The summed E-state index contributed by atoms with van der Waals surface area (Å²) in [6.07, 6.45) is 2.07. The number of carbonyl (C=O) groups excluding carboxylic acids is 1. The molecular weight excluding hydrogens is 346 g/mol. The normalized spacial score (nSPS) is 16.9. The first-order valence-electron chi connectivity index (χ1n) is 10.0. The van der Waals surface area contributed by atoms with Crippen LogP contribution in [-0.4, -0.2) is 74.0 Å². The van der Waals surface area contributed by atoms with Crippen LogP contribution in [0.1, 0.15) is 53.9 Å². The molecule has 0 atom stereocenters. The van der Waals surface area contributed by atoms with Crippen LogP contribution in [-0.2, 0) is 9.47 Å². The van der Waals surface area contributed by atoms with Gasteiger partial charge < -0.3 is 25.8 Å². The van der Waals surface area contributed by atoms with Gasteiger partial charge in [0, 0.05) is 19.6 Å². The van der Waals surface area contributed by atoms with E-state index < -0.39 is 17.2 Å². The third kappa shape index (κ3) is 9.81. The number of alkyl carbamates (subject to hydrolysis) is 1. The third-order valence-corrected chi connectivity index (χ3v) is 4.73. The molecular formula is C19H39N5O3. The molecule has 1 heterocycles. The maximum absolute atomic E-state index is 12.2. The topological polar surface area (TPSA) is 101 Å². The number of rotatable bonds is 9. The highest BCUT2D eigenvalue weighted by Crippen LogP contribution is 2.17. The Hall–Kier alpha value is -1.54. The van der Waals surface area contributed by atoms with Crippen LogP contribution in [0.25, 0.3) is 0 Å². The van der Waals surface area contributed by atoms with E-state index in [4.69, 9.17) is 15.2 Å². The fourth-order valence-corrected chi connectivity index (χ4v) is 2.85. The zero-order valence-electron chi connectivity index (χ0n) is 17.8. The van der Waals surface area contributed by atoms with Crippen LogP contribution in [0.15, 0.2) is 4.99 Å². The van der Waals surface area contributed by atoms with E-state index in [-0.39, 0.29) is 0 Å². The number of hydrogen-bond acceptors (Lipinski definition) is 5. The molecule has 1 aliphatic rings. The van der Waals surface area contributed by atoms with Crippen molar-refractivity contribution < 1.29 is 14.3 Å². The molecule has 1 rings (SSSR count). The SMILES string of the molecule is CCC(CC)(CN=C(N)NCCCN1CCOCC1)NC(=O)OC(C)(C)C. The molecule has 0 radical (unpaired) electrons. The first kappa shape index (κ1) is 23.5. The minimum Gasteiger partial charge on any atom is -0.444 e. The second-order valence-electron chi connectivity index (χ2n) is 8.05. The van der Waals surface area contributed by atoms with E-state index in [1.165, 1.54) is 0 Å². The van der Waals surface area contributed by atoms with Gasteiger partial charge in [-0.05, 0) is 46.6 Å². The lowest BCUT2D eigenvalue weighted by atomic mass is 9.93. The van der Waals surface area contributed by atoms with Gasteiger partial charge in [-0.2, -0.15) is 0 Å². The molecule has 8 nitrogen and oxygen atoms in total. The number of carbonyl (C=O) groups is 1. The molecule has 0 aromatic heterocycles. The van der Waals surface area contributed by atoms with Gasteiger partial charge in [-0.25, -0.2) is 4.79 Å². The molecule has 0 spiro atoms. The summed E-state index contributed by atoms with van der Waals surface area (Å²) in [5, 5.41) is 6.14. The molecule has 27 heavy (non-hydrogen) atoms. The van der Waals surface area contributed by atoms with Crippen molar-refractivity contribution in [3.05, 3.63) is 0 Å². The van der Waals surface area contributed by atoms with Crippen molar-refractivity contribution in [1.82, 2.24) is 15.5 Å². The minimum absolute atomic E-state index is 0.411. The van der Waals surface area contributed by atoms with Crippen LogP contribution in [0.5, 0.6) is 0 Å². The molecule has 1 saturated heterocycles. The van der Waals surface area contributed by atoms with Gasteiger partial charge in [0.05, 0.1) is 25.3 Å². The summed E-state index contributed by atoms with van der Waals surface area (Å²) in [7, 11) is 0. The molecule has 8 heteroatoms. The molecule has 0 aromatic rings. The summed E-state index contributed by atoms with van der Waals surface area (Å²) in [6.45, 7) is 15.5. The Bertz CT molecular complexity index is 466. The second-order valence-corrected chi connectivity index (χ2v) is 8.05. The van der Waals surface area contributed by atoms with Gasteiger partial charge >= 0.3 is 6.09 Å². The monoisotopic (exact) mass is 385 g/mol. The van der Waals surface area contributed by atoms with Crippen LogP contribution in [0.3, 0.4) is 0 Å². The number of ether oxygens (including phenoxy) is 2. The van der Waals surface area contributed by atoms with E-state index in [1.54, 1.807) is 0 Å². The largest absolute Gasteiger partial charge is 0.444 e. The highest BCUT2D eigenvalue weighted by atomic mass is 16.6. The number of nitrogens with two attached hydrogens (primary N) is 1. The molecule has 0 bridgehead atoms. The maximum Gasteiger partial charge on any atom is 0.408 e. The van der Waals surface area contributed by atoms with Crippen LogP contribution >= 0.6 is 0 Å². The first-order chi connectivity index (χ1) is 12.7. The molecule has 0 saturated carbocycles. The summed E-state index contributed by atoms with van der Waals surface area (Å²) in [5.41, 5.74) is 5.02. The Morgan fingerprint density at radius 3 is 2.41 bits per heavy atom. The predicted molar refractivity (Wildman–Crippen MR) is 109 cm³/mol. The molecule has 0 aliphatic carbocycles. The summed E-state index contributed by atoms with van der Waals surface area (Å²) >= 11 is 0. The average molecular weight is 386 g/mol. The van der Waals surface area contributed by atoms with Crippen molar-refractivity contribution >= 4 is 12.1 Å². The van der Waals surface area contributed by atoms with Crippen molar-refractivity contribution in [3.63, 3.8) is 0 Å². The Balaban J connectivity index is 2.41. The second kappa shape index (κ2) is 11.3.